The number of urea groups is 1. The third-order valence-electron chi connectivity index (χ3n) is 1.62. The van der Waals surface area contributed by atoms with E-state index in [1.54, 1.807) is 6.08 Å². The second-order valence-electron chi connectivity index (χ2n) is 2.58. The smallest absolute Gasteiger partial charge is 0.324 e. The van der Waals surface area contributed by atoms with Gasteiger partial charge >= 0.3 is 6.03 Å². The summed E-state index contributed by atoms with van der Waals surface area (Å²) >= 11 is 0. The number of carbonyl (C=O) groups is 2. The lowest BCUT2D eigenvalue weighted by atomic mass is 10.5. The molecule has 5 heteroatoms. The average Bonchev–Trinajstić information content (AvgIpc) is 2.52. The molecule has 0 aromatic carbocycles. The first-order valence-electron chi connectivity index (χ1n) is 4.02. The number of nitrogens with one attached hydrogen (secondary N) is 1. The summed E-state index contributed by atoms with van der Waals surface area (Å²) < 4.78 is 4.92. The van der Waals surface area contributed by atoms with Gasteiger partial charge in [0.05, 0.1) is 6.61 Å². The molecule has 0 saturated carbocycles. The van der Waals surface area contributed by atoms with Gasteiger partial charge in [0.1, 0.15) is 6.61 Å². The van der Waals surface area contributed by atoms with E-state index in [1.807, 2.05) is 0 Å². The van der Waals surface area contributed by atoms with Gasteiger partial charge in [0.15, 0.2) is 0 Å². The first kappa shape index (κ1) is 9.73. The van der Waals surface area contributed by atoms with Crippen molar-refractivity contribution in [2.75, 3.05) is 26.3 Å². The number of amides is 3. The lowest BCUT2D eigenvalue weighted by Crippen LogP contribution is -2.36. The third-order valence-corrected chi connectivity index (χ3v) is 1.62. The maximum absolute atomic E-state index is 11.2. The van der Waals surface area contributed by atoms with Crippen molar-refractivity contribution in [2.24, 2.45) is 0 Å². The predicted molar refractivity (Wildman–Crippen MR) is 46.1 cm³/mol. The maximum Gasteiger partial charge on any atom is 0.324 e. The predicted octanol–water partition coefficient (Wildman–Crippen LogP) is -0.259. The molecule has 1 aliphatic rings. The Morgan fingerprint density at radius 2 is 2.54 bits per heavy atom. The van der Waals surface area contributed by atoms with Crippen molar-refractivity contribution in [1.82, 2.24) is 10.2 Å². The first-order valence-corrected chi connectivity index (χ1v) is 4.02. The van der Waals surface area contributed by atoms with Gasteiger partial charge < -0.3 is 10.1 Å². The van der Waals surface area contributed by atoms with E-state index in [1.165, 1.54) is 0 Å². The summed E-state index contributed by atoms with van der Waals surface area (Å²) in [6, 6.07) is -0.341. The van der Waals surface area contributed by atoms with Crippen LogP contribution in [0.3, 0.4) is 0 Å². The molecule has 13 heavy (non-hydrogen) atoms. The van der Waals surface area contributed by atoms with Crippen molar-refractivity contribution in [3.05, 3.63) is 12.7 Å². The van der Waals surface area contributed by atoms with Gasteiger partial charge in [0, 0.05) is 13.1 Å². The molecule has 0 atom stereocenters. The highest BCUT2D eigenvalue weighted by Crippen LogP contribution is 1.97. The number of imide groups is 1. The van der Waals surface area contributed by atoms with Crippen LogP contribution in [0.5, 0.6) is 0 Å². The number of ether oxygens (including phenoxy) is 1. The summed E-state index contributed by atoms with van der Waals surface area (Å²) in [5, 5.41) is 2.53. The van der Waals surface area contributed by atoms with Crippen molar-refractivity contribution in [3.63, 3.8) is 0 Å². The summed E-state index contributed by atoms with van der Waals surface area (Å²) in [4.78, 5) is 23.3. The molecule has 1 rings (SSSR count). The molecule has 0 aliphatic carbocycles. The van der Waals surface area contributed by atoms with E-state index < -0.39 is 0 Å². The van der Waals surface area contributed by atoms with E-state index in [9.17, 15) is 9.59 Å². The van der Waals surface area contributed by atoms with Crippen LogP contribution in [0, 0.1) is 0 Å². The van der Waals surface area contributed by atoms with Gasteiger partial charge in [-0.25, -0.2) is 4.79 Å². The normalized spacial score (nSPS) is 15.7. The SMILES string of the molecule is C=CCOCC(=O)N1CCNC1=O. The highest BCUT2D eigenvalue weighted by Gasteiger charge is 2.25. The monoisotopic (exact) mass is 184 g/mol. The third kappa shape index (κ3) is 2.55. The number of hydrogen-bond acceptors (Lipinski definition) is 3. The number of carbonyl (C=O) groups excluding carboxylic acids is 2. The summed E-state index contributed by atoms with van der Waals surface area (Å²) in [6.07, 6.45) is 1.55. The van der Waals surface area contributed by atoms with Gasteiger partial charge in [-0.15, -0.1) is 6.58 Å². The second kappa shape index (κ2) is 4.61. The molecule has 1 N–H and O–H groups in total. The summed E-state index contributed by atoms with van der Waals surface area (Å²) in [6.45, 7) is 4.64. The van der Waals surface area contributed by atoms with Crippen LogP contribution in [0.2, 0.25) is 0 Å². The van der Waals surface area contributed by atoms with E-state index in [-0.39, 0.29) is 18.5 Å². The Morgan fingerprint density at radius 1 is 1.77 bits per heavy atom. The van der Waals surface area contributed by atoms with Gasteiger partial charge in [0.2, 0.25) is 0 Å². The number of nitrogens with zero attached hydrogens (tertiary/aromatic N) is 1. The highest BCUT2D eigenvalue weighted by atomic mass is 16.5. The van der Waals surface area contributed by atoms with E-state index in [0.29, 0.717) is 19.7 Å². The Morgan fingerprint density at radius 3 is 3.08 bits per heavy atom. The quantitative estimate of drug-likeness (QED) is 0.483. The lowest BCUT2D eigenvalue weighted by Gasteiger charge is -2.11. The van der Waals surface area contributed by atoms with Crippen LogP contribution >= 0.6 is 0 Å². The molecule has 0 unspecified atom stereocenters. The molecule has 0 spiro atoms. The minimum atomic E-state index is -0.341. The van der Waals surface area contributed by atoms with Crippen molar-refractivity contribution in [1.29, 1.82) is 0 Å². The molecular weight excluding hydrogens is 172 g/mol. The number of rotatable bonds is 4. The minimum Gasteiger partial charge on any atom is -0.368 e. The molecule has 0 aromatic rings. The summed E-state index contributed by atoms with van der Waals surface area (Å²) in [5.41, 5.74) is 0. The molecule has 0 bridgehead atoms. The summed E-state index contributed by atoms with van der Waals surface area (Å²) in [7, 11) is 0. The van der Waals surface area contributed by atoms with Gasteiger partial charge in [-0.1, -0.05) is 6.08 Å². The molecule has 3 amide bonds. The van der Waals surface area contributed by atoms with Gasteiger partial charge in [-0.2, -0.15) is 0 Å². The molecule has 1 saturated heterocycles. The van der Waals surface area contributed by atoms with Crippen molar-refractivity contribution in [2.45, 2.75) is 0 Å². The number of hydrogen-bond donors (Lipinski definition) is 1. The minimum absolute atomic E-state index is 0.0700. The van der Waals surface area contributed by atoms with Crippen molar-refractivity contribution >= 4 is 11.9 Å². The maximum atomic E-state index is 11.2. The first-order chi connectivity index (χ1) is 6.25. The van der Waals surface area contributed by atoms with E-state index in [0.717, 1.165) is 4.90 Å². The molecular formula is C8H12N2O3. The fourth-order valence-electron chi connectivity index (χ4n) is 1.02. The van der Waals surface area contributed by atoms with Gasteiger partial charge in [0.25, 0.3) is 5.91 Å². The Labute approximate surface area is 76.3 Å². The highest BCUT2D eigenvalue weighted by molar-refractivity contribution is 5.96. The van der Waals surface area contributed by atoms with Gasteiger partial charge in [-0.3, -0.25) is 9.69 Å². The van der Waals surface area contributed by atoms with Crippen LogP contribution < -0.4 is 5.32 Å². The van der Waals surface area contributed by atoms with Crippen LogP contribution in [0.4, 0.5) is 4.79 Å². The molecule has 1 aliphatic heterocycles. The van der Waals surface area contributed by atoms with Crippen molar-refractivity contribution in [3.8, 4) is 0 Å². The van der Waals surface area contributed by atoms with E-state index >= 15 is 0 Å². The zero-order valence-electron chi connectivity index (χ0n) is 7.28. The van der Waals surface area contributed by atoms with E-state index in [2.05, 4.69) is 11.9 Å². The average molecular weight is 184 g/mol. The molecule has 72 valence electrons. The van der Waals surface area contributed by atoms with Crippen LogP contribution in [0.1, 0.15) is 0 Å². The fraction of sp³-hybridized carbons (Fsp3) is 0.500. The molecule has 1 heterocycles. The Balaban J connectivity index is 2.30. The van der Waals surface area contributed by atoms with E-state index in [4.69, 9.17) is 4.74 Å². The Bertz CT molecular complexity index is 227. The Kier molecular flexibility index (Phi) is 3.45. The molecule has 1 fully saturated rings. The van der Waals surface area contributed by atoms with Crippen LogP contribution in [0.25, 0.3) is 0 Å². The zero-order chi connectivity index (χ0) is 9.68. The topological polar surface area (TPSA) is 58.6 Å². The van der Waals surface area contributed by atoms with Crippen LogP contribution in [-0.4, -0.2) is 43.1 Å². The molecule has 0 radical (unpaired) electrons. The van der Waals surface area contributed by atoms with Crippen LogP contribution in [0.15, 0.2) is 12.7 Å². The molecule has 5 nitrogen and oxygen atoms in total. The summed E-state index contributed by atoms with van der Waals surface area (Å²) in [5.74, 6) is -0.308. The molecule has 0 aromatic heterocycles. The lowest BCUT2D eigenvalue weighted by molar-refractivity contribution is -0.131. The zero-order valence-corrected chi connectivity index (χ0v) is 7.28. The standard InChI is InChI=1S/C8H12N2O3/c1-2-5-13-6-7(11)10-4-3-9-8(10)12/h2H,1,3-6H2,(H,9,12). The van der Waals surface area contributed by atoms with Crippen LogP contribution in [-0.2, 0) is 9.53 Å². The second-order valence-corrected chi connectivity index (χ2v) is 2.58. The van der Waals surface area contributed by atoms with Gasteiger partial charge in [-0.05, 0) is 0 Å². The fourth-order valence-corrected chi connectivity index (χ4v) is 1.02. The largest absolute Gasteiger partial charge is 0.368 e. The Hall–Kier alpha value is -1.36. The van der Waals surface area contributed by atoms with Crippen molar-refractivity contribution < 1.29 is 14.3 Å².